The van der Waals surface area contributed by atoms with Crippen LogP contribution in [-0.4, -0.2) is 35.6 Å². The van der Waals surface area contributed by atoms with Crippen LogP contribution in [-0.2, 0) is 9.59 Å². The summed E-state index contributed by atoms with van der Waals surface area (Å²) < 4.78 is 0. The fraction of sp³-hybridized carbons (Fsp3) is 0. The van der Waals surface area contributed by atoms with Crippen molar-refractivity contribution in [3.63, 3.8) is 0 Å². The van der Waals surface area contributed by atoms with Crippen molar-refractivity contribution in [2.24, 2.45) is 0 Å². The molecule has 0 bridgehead atoms. The Morgan fingerprint density at radius 1 is 0.917 bits per heavy atom. The van der Waals surface area contributed by atoms with E-state index < -0.39 is 11.9 Å². The Morgan fingerprint density at radius 3 is 1.17 bits per heavy atom. The summed E-state index contributed by atoms with van der Waals surface area (Å²) in [5.41, 5.74) is 0. The molecule has 0 aromatic rings. The van der Waals surface area contributed by atoms with Crippen molar-refractivity contribution < 1.29 is 19.8 Å². The lowest BCUT2D eigenvalue weighted by Gasteiger charge is -1.74. The normalized spacial score (nSPS) is 7.00. The minimum Gasteiger partial charge on any atom is -0.478 e. The molecule has 0 saturated carbocycles. The van der Waals surface area contributed by atoms with Gasteiger partial charge in [0.2, 0.25) is 0 Å². The number of nitrogens with one attached hydrogen (secondary N) is 2. The lowest BCUT2D eigenvalue weighted by molar-refractivity contribution is -0.134. The minimum absolute atomic E-state index is 0.558. The summed E-state index contributed by atoms with van der Waals surface area (Å²) in [4.78, 5) is 19.1. The van der Waals surface area contributed by atoms with Crippen molar-refractivity contribution in [3.8, 4) is 0 Å². The van der Waals surface area contributed by atoms with Crippen molar-refractivity contribution in [1.82, 2.24) is 0 Å². The summed E-state index contributed by atoms with van der Waals surface area (Å²) in [5.74, 6) is -2.51. The van der Waals surface area contributed by atoms with Gasteiger partial charge in [0.25, 0.3) is 0 Å². The number of aliphatic carboxylic acids is 2. The van der Waals surface area contributed by atoms with Crippen molar-refractivity contribution in [3.05, 3.63) is 12.2 Å². The van der Waals surface area contributed by atoms with Crippen molar-refractivity contribution in [1.29, 1.82) is 10.8 Å². The fourth-order valence-electron chi connectivity index (χ4n) is 0.143. The zero-order valence-electron chi connectivity index (χ0n) is 6.28. The summed E-state index contributed by atoms with van der Waals surface area (Å²) >= 11 is 0. The topological polar surface area (TPSA) is 122 Å². The van der Waals surface area contributed by atoms with Gasteiger partial charge >= 0.3 is 11.9 Å². The molecule has 0 fully saturated rings. The summed E-state index contributed by atoms with van der Waals surface area (Å²) in [6.45, 7) is 5.00. The predicted molar refractivity (Wildman–Crippen MR) is 44.1 cm³/mol. The van der Waals surface area contributed by atoms with Gasteiger partial charge in [0, 0.05) is 12.2 Å². The zero-order chi connectivity index (χ0) is 10.6. The molecule has 6 nitrogen and oxygen atoms in total. The van der Waals surface area contributed by atoms with Crippen LogP contribution < -0.4 is 0 Å². The van der Waals surface area contributed by atoms with E-state index in [0.717, 1.165) is 0 Å². The molecule has 4 N–H and O–H groups in total. The average Bonchev–Trinajstić information content (AvgIpc) is 2.08. The van der Waals surface area contributed by atoms with Gasteiger partial charge in [0.15, 0.2) is 0 Å². The maximum absolute atomic E-state index is 9.55. The van der Waals surface area contributed by atoms with Crippen LogP contribution in [0.15, 0.2) is 12.2 Å². The molecule has 0 aliphatic rings. The van der Waals surface area contributed by atoms with Gasteiger partial charge in [-0.2, -0.15) is 0 Å². The molecular formula is C6H10N2O4. The van der Waals surface area contributed by atoms with Crippen molar-refractivity contribution in [2.45, 2.75) is 0 Å². The molecule has 0 radical (unpaired) electrons. The molecule has 6 heteroatoms. The van der Waals surface area contributed by atoms with E-state index in [0.29, 0.717) is 12.2 Å². The number of hydrogen-bond acceptors (Lipinski definition) is 4. The first-order valence-electron chi connectivity index (χ1n) is 2.47. The summed E-state index contributed by atoms with van der Waals surface area (Å²) in [5, 5.41) is 26.6. The number of hydrogen-bond donors (Lipinski definition) is 4. The molecule has 0 saturated heterocycles. The Bertz CT molecular complexity index is 149. The lowest BCUT2D eigenvalue weighted by atomic mass is 10.5. The van der Waals surface area contributed by atoms with Crippen LogP contribution in [0.5, 0.6) is 0 Å². The SMILES string of the molecule is C=N.C=N.O=C(O)/C=C/C(=O)O. The molecule has 0 unspecified atom stereocenters. The molecule has 0 aromatic heterocycles. The van der Waals surface area contributed by atoms with Gasteiger partial charge in [-0.1, -0.05) is 0 Å². The molecule has 68 valence electrons. The number of carboxylic acids is 2. The smallest absolute Gasteiger partial charge is 0.328 e. The highest BCUT2D eigenvalue weighted by Crippen LogP contribution is 1.70. The number of rotatable bonds is 2. The zero-order valence-corrected chi connectivity index (χ0v) is 6.28. The average molecular weight is 174 g/mol. The summed E-state index contributed by atoms with van der Waals surface area (Å²) in [6, 6.07) is 0. The monoisotopic (exact) mass is 174 g/mol. The Hall–Kier alpha value is -1.98. The van der Waals surface area contributed by atoms with Crippen LogP contribution in [0, 0.1) is 10.8 Å². The van der Waals surface area contributed by atoms with Gasteiger partial charge in [0.1, 0.15) is 0 Å². The van der Waals surface area contributed by atoms with E-state index in [1.54, 1.807) is 0 Å². The van der Waals surface area contributed by atoms with E-state index >= 15 is 0 Å². The highest BCUT2D eigenvalue weighted by Gasteiger charge is 1.88. The Kier molecular flexibility index (Phi) is 22.1. The van der Waals surface area contributed by atoms with Gasteiger partial charge < -0.3 is 21.0 Å². The summed E-state index contributed by atoms with van der Waals surface area (Å²) in [6.07, 6.45) is 1.12. The second-order valence-electron chi connectivity index (χ2n) is 1.01. The van der Waals surface area contributed by atoms with E-state index in [4.69, 9.17) is 21.0 Å². The van der Waals surface area contributed by atoms with Crippen LogP contribution in [0.4, 0.5) is 0 Å². The molecule has 0 heterocycles. The molecular weight excluding hydrogens is 164 g/mol. The van der Waals surface area contributed by atoms with Gasteiger partial charge in [-0.25, -0.2) is 9.59 Å². The molecule has 0 atom stereocenters. The predicted octanol–water partition coefficient (Wildman–Crippen LogP) is 0.243. The Morgan fingerprint density at radius 2 is 1.08 bits per heavy atom. The Balaban J connectivity index is -0.000000175. The van der Waals surface area contributed by atoms with E-state index in [-0.39, 0.29) is 0 Å². The fourth-order valence-corrected chi connectivity index (χ4v) is 0.143. The summed E-state index contributed by atoms with van der Waals surface area (Å²) in [7, 11) is 0. The van der Waals surface area contributed by atoms with Gasteiger partial charge in [-0.15, -0.1) is 0 Å². The number of carboxylic acid groups (broad SMARTS) is 2. The first-order valence-corrected chi connectivity index (χ1v) is 2.47. The standard InChI is InChI=1S/C4H4O4.2CH3N/c5-3(6)1-2-4(7)8;2*1-2/h1-2H,(H,5,6)(H,7,8);2*2H,1H2/b2-1+;;. The molecule has 0 spiro atoms. The maximum Gasteiger partial charge on any atom is 0.328 e. The largest absolute Gasteiger partial charge is 0.478 e. The first-order chi connectivity index (χ1) is 5.63. The van der Waals surface area contributed by atoms with Crippen LogP contribution >= 0.6 is 0 Å². The number of carbonyl (C=O) groups is 2. The third-order valence-corrected chi connectivity index (χ3v) is 0.368. The van der Waals surface area contributed by atoms with Gasteiger partial charge in [-0.05, 0) is 13.4 Å². The van der Waals surface area contributed by atoms with Crippen LogP contribution in [0.1, 0.15) is 0 Å². The molecule has 0 aliphatic carbocycles. The van der Waals surface area contributed by atoms with E-state index in [1.807, 2.05) is 0 Å². The molecule has 0 rings (SSSR count). The van der Waals surface area contributed by atoms with Gasteiger partial charge in [0.05, 0.1) is 0 Å². The highest BCUT2D eigenvalue weighted by molar-refractivity contribution is 5.89. The highest BCUT2D eigenvalue weighted by atomic mass is 16.4. The second kappa shape index (κ2) is 16.0. The van der Waals surface area contributed by atoms with E-state index in [1.165, 1.54) is 0 Å². The van der Waals surface area contributed by atoms with Gasteiger partial charge in [-0.3, -0.25) is 0 Å². The molecule has 0 aromatic carbocycles. The maximum atomic E-state index is 9.55. The third-order valence-electron chi connectivity index (χ3n) is 0.368. The first kappa shape index (κ1) is 16.5. The van der Waals surface area contributed by atoms with Crippen LogP contribution in [0.25, 0.3) is 0 Å². The second-order valence-corrected chi connectivity index (χ2v) is 1.01. The molecule has 12 heavy (non-hydrogen) atoms. The van der Waals surface area contributed by atoms with E-state index in [9.17, 15) is 9.59 Å². The molecule has 0 amide bonds. The Labute approximate surface area is 69.2 Å². The lowest BCUT2D eigenvalue weighted by Crippen LogP contribution is -1.91. The van der Waals surface area contributed by atoms with Crippen LogP contribution in [0.3, 0.4) is 0 Å². The third kappa shape index (κ3) is 43.3. The van der Waals surface area contributed by atoms with Crippen molar-refractivity contribution in [2.75, 3.05) is 0 Å². The molecule has 0 aliphatic heterocycles. The van der Waals surface area contributed by atoms with E-state index in [2.05, 4.69) is 13.4 Å². The van der Waals surface area contributed by atoms with Crippen molar-refractivity contribution >= 4 is 25.4 Å². The quantitative estimate of drug-likeness (QED) is 0.353. The van der Waals surface area contributed by atoms with Crippen LogP contribution in [0.2, 0.25) is 0 Å². The minimum atomic E-state index is -1.26.